The van der Waals surface area contributed by atoms with Crippen molar-refractivity contribution < 1.29 is 11.0 Å². The van der Waals surface area contributed by atoms with Crippen LogP contribution in [0.25, 0.3) is 0 Å². The van der Waals surface area contributed by atoms with Gasteiger partial charge in [-0.2, -0.15) is 0 Å². The van der Waals surface area contributed by atoms with Crippen molar-refractivity contribution in [3.05, 3.63) is 0 Å². The summed E-state index contributed by atoms with van der Waals surface area (Å²) in [7, 11) is 3.59. The Hall–Kier alpha value is -0.0300. The van der Waals surface area contributed by atoms with E-state index in [4.69, 9.17) is 5.73 Å². The molecule has 0 fully saturated rings. The molecule has 0 aromatic heterocycles. The van der Waals surface area contributed by atoms with E-state index in [-0.39, 0.29) is 1.43 Å². The minimum absolute atomic E-state index is 0. The number of rotatable bonds is 9. The van der Waals surface area contributed by atoms with Gasteiger partial charge in [0.05, 0.1) is 0 Å². The highest BCUT2D eigenvalue weighted by Gasteiger charge is 2.02. The number of nitrogens with two attached hydrogens (primary N) is 1. The van der Waals surface area contributed by atoms with Crippen molar-refractivity contribution in [1.29, 1.82) is 0 Å². The lowest BCUT2D eigenvalue weighted by Gasteiger charge is -2.09. The van der Waals surface area contributed by atoms with Crippen molar-refractivity contribution in [2.45, 2.75) is 33.1 Å². The van der Waals surface area contributed by atoms with Gasteiger partial charge in [-0.1, -0.05) is 48.3 Å². The quantitative estimate of drug-likeness (QED) is 0.504. The van der Waals surface area contributed by atoms with Gasteiger partial charge in [0.25, 0.3) is 0 Å². The van der Waals surface area contributed by atoms with E-state index in [0.29, 0.717) is 6.61 Å². The molecule has 92 valence electrons. The zero-order chi connectivity index (χ0) is 11.5. The summed E-state index contributed by atoms with van der Waals surface area (Å²) in [5.41, 5.74) is 4.83. The molecule has 0 unspecified atom stereocenters. The molecule has 0 saturated carbocycles. The van der Waals surface area contributed by atoms with Crippen LogP contribution in [-0.4, -0.2) is 24.2 Å². The zero-order valence-corrected chi connectivity index (χ0v) is 11.2. The molecule has 3 nitrogen and oxygen atoms in total. The maximum atomic E-state index is 10.2. The second kappa shape index (κ2) is 10.5. The van der Waals surface area contributed by atoms with Crippen LogP contribution in [0.15, 0.2) is 0 Å². The molecule has 0 aromatic rings. The molecule has 2 N–H and O–H groups in total. The molecule has 1 amide bonds. The molecule has 0 aromatic carbocycles. The van der Waals surface area contributed by atoms with Gasteiger partial charge >= 0.3 is 6.09 Å². The van der Waals surface area contributed by atoms with E-state index >= 15 is 0 Å². The fraction of sp³-hybridized carbons (Fsp3) is 0.900. The summed E-state index contributed by atoms with van der Waals surface area (Å²) in [4.78, 5) is 10.2. The van der Waals surface area contributed by atoms with E-state index in [1.165, 1.54) is 25.0 Å². The van der Waals surface area contributed by atoms with E-state index in [1.807, 2.05) is 10.8 Å². The first-order valence-corrected chi connectivity index (χ1v) is 7.82. The lowest BCUT2D eigenvalue weighted by atomic mass is 10.1. The third-order valence-electron chi connectivity index (χ3n) is 1.90. The molecule has 0 bridgehead atoms. The lowest BCUT2D eigenvalue weighted by molar-refractivity contribution is 0.164. The molecule has 0 aliphatic heterocycles. The Morgan fingerprint density at radius 1 is 1.53 bits per heavy atom. The van der Waals surface area contributed by atoms with Crippen molar-refractivity contribution in [3.63, 3.8) is 0 Å². The summed E-state index contributed by atoms with van der Waals surface area (Å²) in [5.74, 6) is 2.76. The molecule has 0 aliphatic rings. The number of hydrogen-bond acceptors (Lipinski definition) is 4. The van der Waals surface area contributed by atoms with Crippen molar-refractivity contribution >= 4 is 27.7 Å². The van der Waals surface area contributed by atoms with Crippen LogP contribution in [-0.2, 0) is 4.74 Å². The molecular weight excluding hydrogens is 230 g/mol. The van der Waals surface area contributed by atoms with Crippen LogP contribution in [0.1, 0.15) is 34.5 Å². The van der Waals surface area contributed by atoms with Crippen molar-refractivity contribution in [2.24, 2.45) is 11.7 Å². The molecule has 0 rings (SSSR count). The third-order valence-corrected chi connectivity index (χ3v) is 4.51. The fourth-order valence-corrected chi connectivity index (χ4v) is 3.34. The first kappa shape index (κ1) is 15.0. The number of amides is 1. The Bertz CT molecular complexity index is 173. The Balaban J connectivity index is 0. The number of carbonyl (C=O) groups excluding carboxylic acids is 1. The number of unbranched alkanes of at least 4 members (excludes halogenated alkanes) is 1. The summed E-state index contributed by atoms with van der Waals surface area (Å²) in [5, 5.41) is 0. The molecule has 5 heteroatoms. The van der Waals surface area contributed by atoms with Crippen LogP contribution in [0, 0.1) is 5.92 Å². The largest absolute Gasteiger partial charge is 0.449 e. The smallest absolute Gasteiger partial charge is 0.404 e. The van der Waals surface area contributed by atoms with Crippen LogP contribution in [0.5, 0.6) is 0 Å². The molecule has 1 atom stereocenters. The summed E-state index contributed by atoms with van der Waals surface area (Å²) in [6.45, 7) is 4.91. The van der Waals surface area contributed by atoms with Gasteiger partial charge < -0.3 is 10.5 Å². The molecule has 0 radical (unpaired) electrons. The van der Waals surface area contributed by atoms with E-state index in [1.54, 1.807) is 10.8 Å². The first-order chi connectivity index (χ1) is 7.16. The lowest BCUT2D eigenvalue weighted by Crippen LogP contribution is -2.14. The van der Waals surface area contributed by atoms with Gasteiger partial charge in [-0.05, 0) is 12.3 Å². The summed E-state index contributed by atoms with van der Waals surface area (Å²) in [6.07, 6.45) is 3.21. The normalized spacial score (nSPS) is 12.4. The van der Waals surface area contributed by atoms with Gasteiger partial charge in [0.2, 0.25) is 0 Å². The Morgan fingerprint density at radius 2 is 2.27 bits per heavy atom. The number of ether oxygens (including phenoxy) is 1. The Labute approximate surface area is 102 Å². The predicted octanol–water partition coefficient (Wildman–Crippen LogP) is 3.54. The van der Waals surface area contributed by atoms with Gasteiger partial charge in [0, 0.05) is 12.9 Å². The summed E-state index contributed by atoms with van der Waals surface area (Å²) < 4.78 is 4.62. The first-order valence-electron chi connectivity index (χ1n) is 5.33. The highest BCUT2D eigenvalue weighted by Crippen LogP contribution is 2.25. The highest BCUT2D eigenvalue weighted by atomic mass is 33.1. The minimum atomic E-state index is -0.683. The molecule has 15 heavy (non-hydrogen) atoms. The van der Waals surface area contributed by atoms with Gasteiger partial charge in [-0.3, -0.25) is 0 Å². The van der Waals surface area contributed by atoms with Crippen molar-refractivity contribution in [3.8, 4) is 0 Å². The number of carbonyl (C=O) groups is 1. The van der Waals surface area contributed by atoms with E-state index < -0.39 is 6.09 Å². The molecule has 0 aliphatic carbocycles. The van der Waals surface area contributed by atoms with Crippen LogP contribution in [0.3, 0.4) is 0 Å². The predicted molar refractivity (Wildman–Crippen MR) is 71.3 cm³/mol. The second-order valence-electron chi connectivity index (χ2n) is 3.52. The molecular formula is C10H23NO2S2. The standard InChI is InChI=1S/C10H21NO2S2.H2/c1-3-4-5-9(2)8-15-14-7-6-13-10(11)12;/h9H,3-8H2,1-2H3,(H2,11,12);1H/t9-;/m0./s1. The van der Waals surface area contributed by atoms with E-state index in [9.17, 15) is 4.79 Å². The maximum absolute atomic E-state index is 10.2. The van der Waals surface area contributed by atoms with Crippen LogP contribution in [0.2, 0.25) is 0 Å². The average Bonchev–Trinajstić information content (AvgIpc) is 2.19. The molecule has 0 heterocycles. The van der Waals surface area contributed by atoms with Crippen LogP contribution >= 0.6 is 21.6 Å². The summed E-state index contributed by atoms with van der Waals surface area (Å²) >= 11 is 0. The van der Waals surface area contributed by atoms with Crippen LogP contribution in [0.4, 0.5) is 4.79 Å². The van der Waals surface area contributed by atoms with E-state index in [0.717, 1.165) is 11.7 Å². The SMILES string of the molecule is CCCC[C@H](C)CSSCCOC(N)=O.[HH]. The summed E-state index contributed by atoms with van der Waals surface area (Å²) in [6, 6.07) is 0. The monoisotopic (exact) mass is 253 g/mol. The number of hydrogen-bond donors (Lipinski definition) is 1. The Kier molecular flexibility index (Phi) is 10.5. The third kappa shape index (κ3) is 11.9. The van der Waals surface area contributed by atoms with E-state index in [2.05, 4.69) is 18.6 Å². The highest BCUT2D eigenvalue weighted by molar-refractivity contribution is 8.76. The average molecular weight is 253 g/mol. The topological polar surface area (TPSA) is 52.3 Å². The van der Waals surface area contributed by atoms with Gasteiger partial charge in [0.15, 0.2) is 0 Å². The number of primary amides is 1. The van der Waals surface area contributed by atoms with Crippen molar-refractivity contribution in [2.75, 3.05) is 18.1 Å². The van der Waals surface area contributed by atoms with Crippen LogP contribution < -0.4 is 5.73 Å². The van der Waals surface area contributed by atoms with Gasteiger partial charge in [-0.15, -0.1) is 0 Å². The molecule has 0 spiro atoms. The van der Waals surface area contributed by atoms with Gasteiger partial charge in [0.1, 0.15) is 6.61 Å². The fourth-order valence-electron chi connectivity index (χ4n) is 1.04. The molecule has 0 saturated heterocycles. The zero-order valence-electron chi connectivity index (χ0n) is 9.53. The second-order valence-corrected chi connectivity index (χ2v) is 6.15. The minimum Gasteiger partial charge on any atom is -0.449 e. The van der Waals surface area contributed by atoms with Gasteiger partial charge in [-0.25, -0.2) is 4.79 Å². The Morgan fingerprint density at radius 3 is 2.87 bits per heavy atom. The van der Waals surface area contributed by atoms with Crippen molar-refractivity contribution in [1.82, 2.24) is 0 Å². The maximum Gasteiger partial charge on any atom is 0.404 e.